The zero-order valence-electron chi connectivity index (χ0n) is 12.5. The Balaban J connectivity index is 1.97. The van der Waals surface area contributed by atoms with Gasteiger partial charge in [0.25, 0.3) is 0 Å². The molecular weight excluding hydrogens is 286 g/mol. The van der Waals surface area contributed by atoms with E-state index in [0.717, 1.165) is 5.56 Å². The van der Waals surface area contributed by atoms with Crippen molar-refractivity contribution in [3.63, 3.8) is 0 Å². The number of benzene rings is 3. The SMILES string of the molecule is NC(N)=NC(N)=Nc1ccc(-c2cccc3ccccc23)cc1. The third-order valence-electron chi connectivity index (χ3n) is 3.46. The maximum absolute atomic E-state index is 5.63. The van der Waals surface area contributed by atoms with Crippen molar-refractivity contribution in [2.24, 2.45) is 27.2 Å². The van der Waals surface area contributed by atoms with Crippen LogP contribution in [0.1, 0.15) is 0 Å². The monoisotopic (exact) mass is 303 g/mol. The lowest BCUT2D eigenvalue weighted by atomic mass is 9.98. The van der Waals surface area contributed by atoms with Crippen molar-refractivity contribution in [3.8, 4) is 11.1 Å². The minimum absolute atomic E-state index is 0.0305. The predicted octanol–water partition coefficient (Wildman–Crippen LogP) is 2.73. The Hall–Kier alpha value is -3.34. The molecule has 0 aliphatic carbocycles. The number of fused-ring (bicyclic) bond motifs is 1. The fraction of sp³-hybridized carbons (Fsp3) is 0. The highest BCUT2D eigenvalue weighted by Crippen LogP contribution is 2.29. The second-order valence-electron chi connectivity index (χ2n) is 5.08. The molecule has 23 heavy (non-hydrogen) atoms. The fourth-order valence-corrected chi connectivity index (χ4v) is 2.48. The number of nitrogens with zero attached hydrogens (tertiary/aromatic N) is 2. The van der Waals surface area contributed by atoms with Gasteiger partial charge in [-0.1, -0.05) is 54.6 Å². The van der Waals surface area contributed by atoms with Crippen molar-refractivity contribution in [2.45, 2.75) is 0 Å². The minimum Gasteiger partial charge on any atom is -0.370 e. The van der Waals surface area contributed by atoms with Crippen LogP contribution in [-0.4, -0.2) is 11.9 Å². The third kappa shape index (κ3) is 3.29. The molecule has 0 amide bonds. The predicted molar refractivity (Wildman–Crippen MR) is 96.5 cm³/mol. The molecule has 0 atom stereocenters. The highest BCUT2D eigenvalue weighted by Gasteiger charge is 2.03. The Labute approximate surface area is 134 Å². The molecule has 0 aliphatic rings. The first-order valence-electron chi connectivity index (χ1n) is 7.15. The molecule has 0 fully saturated rings. The zero-order chi connectivity index (χ0) is 16.2. The number of hydrogen-bond acceptors (Lipinski definition) is 1. The first-order valence-corrected chi connectivity index (χ1v) is 7.15. The summed E-state index contributed by atoms with van der Waals surface area (Å²) in [4.78, 5) is 7.84. The average molecular weight is 303 g/mol. The number of aliphatic imine (C=N–C) groups is 2. The van der Waals surface area contributed by atoms with E-state index in [9.17, 15) is 0 Å². The van der Waals surface area contributed by atoms with Crippen molar-refractivity contribution >= 4 is 28.4 Å². The maximum atomic E-state index is 5.63. The van der Waals surface area contributed by atoms with Gasteiger partial charge in [0, 0.05) is 0 Å². The van der Waals surface area contributed by atoms with E-state index in [1.165, 1.54) is 16.3 Å². The molecule has 5 nitrogen and oxygen atoms in total. The molecule has 3 aromatic carbocycles. The Morgan fingerprint density at radius 1 is 0.739 bits per heavy atom. The molecule has 0 aromatic heterocycles. The molecule has 0 saturated heterocycles. The molecule has 0 bridgehead atoms. The summed E-state index contributed by atoms with van der Waals surface area (Å²) >= 11 is 0. The lowest BCUT2D eigenvalue weighted by Crippen LogP contribution is -2.26. The molecule has 0 saturated carbocycles. The van der Waals surface area contributed by atoms with Crippen LogP contribution in [0.2, 0.25) is 0 Å². The van der Waals surface area contributed by atoms with Gasteiger partial charge >= 0.3 is 0 Å². The van der Waals surface area contributed by atoms with Crippen LogP contribution >= 0.6 is 0 Å². The minimum atomic E-state index is -0.112. The van der Waals surface area contributed by atoms with Crippen LogP contribution in [0.15, 0.2) is 76.7 Å². The van der Waals surface area contributed by atoms with Crippen LogP contribution in [0.4, 0.5) is 5.69 Å². The second-order valence-corrected chi connectivity index (χ2v) is 5.08. The Morgan fingerprint density at radius 2 is 1.43 bits per heavy atom. The molecular formula is C18H17N5. The summed E-state index contributed by atoms with van der Waals surface area (Å²) in [6, 6.07) is 22.3. The van der Waals surface area contributed by atoms with E-state index in [4.69, 9.17) is 17.2 Å². The van der Waals surface area contributed by atoms with Gasteiger partial charge in [-0.25, -0.2) is 4.99 Å². The summed E-state index contributed by atoms with van der Waals surface area (Å²) in [7, 11) is 0. The Kier molecular flexibility index (Phi) is 3.93. The zero-order valence-corrected chi connectivity index (χ0v) is 12.5. The van der Waals surface area contributed by atoms with E-state index in [1.807, 2.05) is 36.4 Å². The van der Waals surface area contributed by atoms with E-state index in [1.54, 1.807) is 0 Å². The van der Waals surface area contributed by atoms with Gasteiger partial charge in [0.1, 0.15) is 0 Å². The molecule has 0 spiro atoms. The first kappa shape index (κ1) is 14.6. The molecule has 0 heterocycles. The van der Waals surface area contributed by atoms with Gasteiger partial charge in [-0.05, 0) is 34.0 Å². The summed E-state index contributed by atoms with van der Waals surface area (Å²) in [5.41, 5.74) is 19.1. The number of rotatable bonds is 2. The van der Waals surface area contributed by atoms with Gasteiger partial charge in [-0.2, -0.15) is 4.99 Å². The lowest BCUT2D eigenvalue weighted by molar-refractivity contribution is 1.38. The highest BCUT2D eigenvalue weighted by atomic mass is 15.1. The second kappa shape index (κ2) is 6.19. The molecule has 5 heteroatoms. The molecule has 6 N–H and O–H groups in total. The van der Waals surface area contributed by atoms with E-state index in [-0.39, 0.29) is 11.9 Å². The number of guanidine groups is 2. The first-order chi connectivity index (χ1) is 11.1. The van der Waals surface area contributed by atoms with Crippen molar-refractivity contribution in [3.05, 3.63) is 66.7 Å². The van der Waals surface area contributed by atoms with Gasteiger partial charge in [0.05, 0.1) is 5.69 Å². The summed E-state index contributed by atoms with van der Waals surface area (Å²) in [6.45, 7) is 0. The Morgan fingerprint density at radius 3 is 2.17 bits per heavy atom. The van der Waals surface area contributed by atoms with Crippen molar-refractivity contribution in [1.29, 1.82) is 0 Å². The summed E-state index contributed by atoms with van der Waals surface area (Å²) in [5.74, 6) is -0.0819. The number of hydrogen-bond donors (Lipinski definition) is 3. The van der Waals surface area contributed by atoms with Gasteiger partial charge < -0.3 is 17.2 Å². The molecule has 0 radical (unpaired) electrons. The van der Waals surface area contributed by atoms with Crippen molar-refractivity contribution < 1.29 is 0 Å². The maximum Gasteiger partial charge on any atom is 0.223 e. The largest absolute Gasteiger partial charge is 0.370 e. The number of nitrogens with two attached hydrogens (primary N) is 3. The quantitative estimate of drug-likeness (QED) is 0.501. The van der Waals surface area contributed by atoms with Crippen LogP contribution in [0.3, 0.4) is 0 Å². The van der Waals surface area contributed by atoms with Crippen LogP contribution in [0, 0.1) is 0 Å². The molecule has 0 aliphatic heterocycles. The lowest BCUT2D eigenvalue weighted by Gasteiger charge is -2.07. The van der Waals surface area contributed by atoms with E-state index in [0.29, 0.717) is 5.69 Å². The van der Waals surface area contributed by atoms with Crippen LogP contribution in [0.5, 0.6) is 0 Å². The third-order valence-corrected chi connectivity index (χ3v) is 3.46. The molecule has 3 rings (SSSR count). The summed E-state index contributed by atoms with van der Waals surface area (Å²) in [5, 5.41) is 2.43. The summed E-state index contributed by atoms with van der Waals surface area (Å²) < 4.78 is 0. The molecule has 3 aromatic rings. The molecule has 114 valence electrons. The fourth-order valence-electron chi connectivity index (χ4n) is 2.48. The van der Waals surface area contributed by atoms with E-state index < -0.39 is 0 Å². The van der Waals surface area contributed by atoms with Gasteiger partial charge in [-0.15, -0.1) is 0 Å². The summed E-state index contributed by atoms with van der Waals surface area (Å²) in [6.07, 6.45) is 0. The molecule has 0 unspecified atom stereocenters. The topological polar surface area (TPSA) is 103 Å². The average Bonchev–Trinajstić information content (AvgIpc) is 2.54. The standard InChI is InChI=1S/C18H17N5/c19-17(20)23-18(21)22-14-10-8-13(9-11-14)16-7-3-5-12-4-1-2-6-15(12)16/h1-11H,(H6,19,20,21,22,23). The van der Waals surface area contributed by atoms with E-state index in [2.05, 4.69) is 40.3 Å². The normalized spacial score (nSPS) is 11.4. The van der Waals surface area contributed by atoms with Crippen LogP contribution < -0.4 is 17.2 Å². The van der Waals surface area contributed by atoms with Crippen LogP contribution in [0.25, 0.3) is 21.9 Å². The smallest absolute Gasteiger partial charge is 0.223 e. The van der Waals surface area contributed by atoms with Crippen molar-refractivity contribution in [2.75, 3.05) is 0 Å². The van der Waals surface area contributed by atoms with Gasteiger partial charge in [0.15, 0.2) is 5.96 Å². The van der Waals surface area contributed by atoms with Gasteiger partial charge in [-0.3, -0.25) is 0 Å². The van der Waals surface area contributed by atoms with Crippen molar-refractivity contribution in [1.82, 2.24) is 0 Å². The highest BCUT2D eigenvalue weighted by molar-refractivity contribution is 5.97. The van der Waals surface area contributed by atoms with E-state index >= 15 is 0 Å². The van der Waals surface area contributed by atoms with Crippen LogP contribution in [-0.2, 0) is 0 Å². The van der Waals surface area contributed by atoms with Gasteiger partial charge in [0.2, 0.25) is 5.96 Å². The Bertz CT molecular complexity index is 885.